The summed E-state index contributed by atoms with van der Waals surface area (Å²) in [6, 6.07) is 0. The van der Waals surface area contributed by atoms with E-state index >= 15 is 0 Å². The van der Waals surface area contributed by atoms with Crippen molar-refractivity contribution in [2.45, 2.75) is 25.2 Å². The number of aromatic nitrogens is 3. The quantitative estimate of drug-likeness (QED) is 0.823. The molecule has 0 saturated heterocycles. The van der Waals surface area contributed by atoms with Crippen molar-refractivity contribution < 1.29 is 0 Å². The molecule has 74 valence electrons. The predicted molar refractivity (Wildman–Crippen MR) is 55.6 cm³/mol. The molecule has 0 atom stereocenters. The second kappa shape index (κ2) is 3.03. The summed E-state index contributed by atoms with van der Waals surface area (Å²) in [5.41, 5.74) is 6.72. The summed E-state index contributed by atoms with van der Waals surface area (Å²) in [5, 5.41) is 6.61. The van der Waals surface area contributed by atoms with Crippen LogP contribution in [0.3, 0.4) is 0 Å². The number of thiazole rings is 1. The molecule has 2 heterocycles. The Morgan fingerprint density at radius 2 is 2.43 bits per heavy atom. The van der Waals surface area contributed by atoms with Gasteiger partial charge in [-0.15, -0.1) is 11.3 Å². The van der Waals surface area contributed by atoms with Gasteiger partial charge in [-0.2, -0.15) is 5.10 Å². The van der Waals surface area contributed by atoms with Crippen LogP contribution in [0.15, 0.2) is 5.38 Å². The first-order chi connectivity index (χ1) is 6.88. The third-order valence-electron chi connectivity index (χ3n) is 2.51. The number of hydrogen-bond donors (Lipinski definition) is 1. The summed E-state index contributed by atoms with van der Waals surface area (Å²) < 4.78 is 1.95. The second-order valence-electron chi connectivity index (χ2n) is 3.70. The smallest absolute Gasteiger partial charge is 0.212 e. The van der Waals surface area contributed by atoms with Crippen molar-refractivity contribution >= 4 is 16.3 Å². The zero-order valence-electron chi connectivity index (χ0n) is 7.81. The lowest BCUT2D eigenvalue weighted by Crippen LogP contribution is -2.05. The Balaban J connectivity index is 2.05. The molecule has 1 saturated carbocycles. The van der Waals surface area contributed by atoms with Gasteiger partial charge in [-0.3, -0.25) is 0 Å². The lowest BCUT2D eigenvalue weighted by molar-refractivity contribution is 0.812. The van der Waals surface area contributed by atoms with E-state index in [1.54, 1.807) is 11.3 Å². The number of hydrogen-bond acceptors (Lipinski definition) is 4. The fourth-order valence-electron chi connectivity index (χ4n) is 1.57. The van der Waals surface area contributed by atoms with E-state index in [-0.39, 0.29) is 0 Å². The Morgan fingerprint density at radius 3 is 3.14 bits per heavy atom. The van der Waals surface area contributed by atoms with Crippen molar-refractivity contribution in [3.8, 4) is 0 Å². The lowest BCUT2D eigenvalue weighted by atomic mass is 10.3. The zero-order chi connectivity index (χ0) is 9.54. The fourth-order valence-corrected chi connectivity index (χ4v) is 2.44. The summed E-state index contributed by atoms with van der Waals surface area (Å²) in [6.07, 6.45) is 3.39. The number of nitrogens with zero attached hydrogens (tertiary/aromatic N) is 3. The molecular weight excluding hydrogens is 196 g/mol. The average molecular weight is 208 g/mol. The molecule has 2 N–H and O–H groups in total. The topological polar surface area (TPSA) is 56.2 Å². The standard InChI is InChI=1S/C9H12N4S/c10-4-3-7-5-14-9-11-8(6-1-2-6)12-13(7)9/h5-6H,1-4,10H2. The highest BCUT2D eigenvalue weighted by Gasteiger charge is 2.28. The Kier molecular flexibility index (Phi) is 1.81. The highest BCUT2D eigenvalue weighted by Crippen LogP contribution is 2.38. The van der Waals surface area contributed by atoms with Crippen LogP contribution in [0.2, 0.25) is 0 Å². The third kappa shape index (κ3) is 1.24. The van der Waals surface area contributed by atoms with E-state index in [9.17, 15) is 0 Å². The Bertz CT molecular complexity index is 454. The van der Waals surface area contributed by atoms with Crippen LogP contribution in [-0.2, 0) is 6.42 Å². The third-order valence-corrected chi connectivity index (χ3v) is 3.37. The van der Waals surface area contributed by atoms with Crippen molar-refractivity contribution in [3.63, 3.8) is 0 Å². The molecule has 0 aliphatic heterocycles. The minimum atomic E-state index is 0.632. The van der Waals surface area contributed by atoms with Gasteiger partial charge in [0.15, 0.2) is 5.82 Å². The van der Waals surface area contributed by atoms with Crippen molar-refractivity contribution in [2.75, 3.05) is 6.54 Å². The predicted octanol–water partition coefficient (Wildman–Crippen LogP) is 1.17. The molecule has 0 unspecified atom stereocenters. The number of nitrogens with two attached hydrogens (primary N) is 1. The molecule has 2 aromatic heterocycles. The average Bonchev–Trinajstić information content (AvgIpc) is 2.84. The van der Waals surface area contributed by atoms with Crippen molar-refractivity contribution in [2.24, 2.45) is 5.73 Å². The molecule has 0 amide bonds. The van der Waals surface area contributed by atoms with Gasteiger partial charge in [0.1, 0.15) is 0 Å². The maximum Gasteiger partial charge on any atom is 0.212 e. The van der Waals surface area contributed by atoms with Crippen LogP contribution >= 0.6 is 11.3 Å². The van der Waals surface area contributed by atoms with E-state index < -0.39 is 0 Å². The highest BCUT2D eigenvalue weighted by molar-refractivity contribution is 7.15. The summed E-state index contributed by atoms with van der Waals surface area (Å²) in [7, 11) is 0. The van der Waals surface area contributed by atoms with Gasteiger partial charge in [-0.25, -0.2) is 9.50 Å². The van der Waals surface area contributed by atoms with Gasteiger partial charge in [0.25, 0.3) is 0 Å². The van der Waals surface area contributed by atoms with E-state index in [0.29, 0.717) is 12.5 Å². The monoisotopic (exact) mass is 208 g/mol. The molecule has 4 nitrogen and oxygen atoms in total. The van der Waals surface area contributed by atoms with Crippen molar-refractivity contribution in [3.05, 3.63) is 16.9 Å². The molecule has 0 spiro atoms. The van der Waals surface area contributed by atoms with Crippen LogP contribution in [0.4, 0.5) is 0 Å². The van der Waals surface area contributed by atoms with Crippen LogP contribution in [-0.4, -0.2) is 21.1 Å². The Labute approximate surface area is 85.8 Å². The first-order valence-electron chi connectivity index (χ1n) is 4.91. The van der Waals surface area contributed by atoms with Gasteiger partial charge in [-0.05, 0) is 19.4 Å². The summed E-state index contributed by atoms with van der Waals surface area (Å²) in [5.74, 6) is 1.66. The molecule has 0 aromatic carbocycles. The van der Waals surface area contributed by atoms with Crippen LogP contribution in [0, 0.1) is 0 Å². The molecule has 0 radical (unpaired) electrons. The number of rotatable bonds is 3. The van der Waals surface area contributed by atoms with Crippen molar-refractivity contribution in [1.82, 2.24) is 14.6 Å². The van der Waals surface area contributed by atoms with Gasteiger partial charge in [0, 0.05) is 17.7 Å². The van der Waals surface area contributed by atoms with Gasteiger partial charge in [0.05, 0.1) is 5.69 Å². The van der Waals surface area contributed by atoms with E-state index in [0.717, 1.165) is 17.2 Å². The normalized spacial score (nSPS) is 16.6. The van der Waals surface area contributed by atoms with E-state index in [1.165, 1.54) is 18.5 Å². The molecule has 1 aliphatic rings. The highest BCUT2D eigenvalue weighted by atomic mass is 32.1. The largest absolute Gasteiger partial charge is 0.330 e. The van der Waals surface area contributed by atoms with E-state index in [4.69, 9.17) is 5.73 Å². The molecule has 5 heteroatoms. The Morgan fingerprint density at radius 1 is 1.57 bits per heavy atom. The molecule has 2 aromatic rings. The number of fused-ring (bicyclic) bond motifs is 1. The maximum atomic E-state index is 5.53. The van der Waals surface area contributed by atoms with Gasteiger partial charge in [0.2, 0.25) is 4.96 Å². The van der Waals surface area contributed by atoms with Crippen LogP contribution in [0.5, 0.6) is 0 Å². The SMILES string of the molecule is NCCc1csc2nc(C3CC3)nn12. The molecule has 1 fully saturated rings. The Hall–Kier alpha value is -0.940. The maximum absolute atomic E-state index is 5.53. The second-order valence-corrected chi connectivity index (χ2v) is 4.54. The summed E-state index contributed by atoms with van der Waals surface area (Å²) in [6.45, 7) is 0.671. The molecule has 14 heavy (non-hydrogen) atoms. The molecule has 0 bridgehead atoms. The van der Waals surface area contributed by atoms with Crippen LogP contribution in [0.25, 0.3) is 4.96 Å². The van der Waals surface area contributed by atoms with Crippen LogP contribution < -0.4 is 5.73 Å². The van der Waals surface area contributed by atoms with Crippen molar-refractivity contribution in [1.29, 1.82) is 0 Å². The lowest BCUT2D eigenvalue weighted by Gasteiger charge is -1.92. The van der Waals surface area contributed by atoms with E-state index in [2.05, 4.69) is 15.5 Å². The molecule has 3 rings (SSSR count). The summed E-state index contributed by atoms with van der Waals surface area (Å²) >= 11 is 1.65. The molecular formula is C9H12N4S. The minimum Gasteiger partial charge on any atom is -0.330 e. The summed E-state index contributed by atoms with van der Waals surface area (Å²) in [4.78, 5) is 5.52. The van der Waals surface area contributed by atoms with Gasteiger partial charge < -0.3 is 5.73 Å². The van der Waals surface area contributed by atoms with Crippen LogP contribution in [0.1, 0.15) is 30.3 Å². The van der Waals surface area contributed by atoms with Gasteiger partial charge >= 0.3 is 0 Å². The first kappa shape index (κ1) is 8.38. The van der Waals surface area contributed by atoms with E-state index in [1.807, 2.05) is 4.52 Å². The van der Waals surface area contributed by atoms with Gasteiger partial charge in [-0.1, -0.05) is 0 Å². The zero-order valence-corrected chi connectivity index (χ0v) is 8.63. The molecule has 1 aliphatic carbocycles. The fraction of sp³-hybridized carbons (Fsp3) is 0.556. The minimum absolute atomic E-state index is 0.632. The first-order valence-corrected chi connectivity index (χ1v) is 5.79.